The van der Waals surface area contributed by atoms with Crippen LogP contribution in [0.3, 0.4) is 0 Å². The van der Waals surface area contributed by atoms with Crippen LogP contribution in [0.1, 0.15) is 76.8 Å². The van der Waals surface area contributed by atoms with Gasteiger partial charge in [-0.1, -0.05) is 62.7 Å². The summed E-state index contributed by atoms with van der Waals surface area (Å²) in [6, 6.07) is 17.5. The lowest BCUT2D eigenvalue weighted by atomic mass is 9.72. The van der Waals surface area contributed by atoms with Crippen LogP contribution in [-0.2, 0) is 19.3 Å². The molecule has 0 bridgehead atoms. The van der Waals surface area contributed by atoms with Crippen LogP contribution in [0.25, 0.3) is 0 Å². The molecule has 1 unspecified atom stereocenters. The van der Waals surface area contributed by atoms with Crippen molar-refractivity contribution in [2.24, 2.45) is 17.3 Å². The van der Waals surface area contributed by atoms with Crippen LogP contribution in [0.4, 0.5) is 5.00 Å². The molecule has 200 valence electrons. The van der Waals surface area contributed by atoms with Gasteiger partial charge < -0.3 is 10.2 Å². The van der Waals surface area contributed by atoms with E-state index in [1.165, 1.54) is 10.4 Å². The molecular weight excluding hydrogens is 512 g/mol. The Bertz CT molecular complexity index is 1290. The van der Waals surface area contributed by atoms with Crippen LogP contribution in [0, 0.1) is 17.3 Å². The van der Waals surface area contributed by atoms with Crippen molar-refractivity contribution in [1.29, 1.82) is 0 Å². The zero-order valence-electron chi connectivity index (χ0n) is 22.6. The number of thiophene rings is 1. The molecule has 1 fully saturated rings. The first-order valence-corrected chi connectivity index (χ1v) is 14.9. The van der Waals surface area contributed by atoms with Gasteiger partial charge in [0.2, 0.25) is 0 Å². The fourth-order valence-corrected chi connectivity index (χ4v) is 7.30. The second-order valence-electron chi connectivity index (χ2n) is 11.9. The van der Waals surface area contributed by atoms with Crippen molar-refractivity contribution in [2.75, 3.05) is 18.4 Å². The smallest absolute Gasteiger partial charge is 0.257 e. The van der Waals surface area contributed by atoms with Crippen LogP contribution in [0.5, 0.6) is 0 Å². The molecule has 5 rings (SSSR count). The van der Waals surface area contributed by atoms with E-state index in [2.05, 4.69) is 56.4 Å². The highest BCUT2D eigenvalue weighted by Crippen LogP contribution is 2.45. The monoisotopic (exact) mass is 548 g/mol. The average molecular weight is 549 g/mol. The van der Waals surface area contributed by atoms with E-state index in [0.29, 0.717) is 27.4 Å². The van der Waals surface area contributed by atoms with Crippen molar-refractivity contribution in [3.8, 4) is 0 Å². The Morgan fingerprint density at radius 3 is 2.34 bits per heavy atom. The van der Waals surface area contributed by atoms with E-state index < -0.39 is 0 Å². The van der Waals surface area contributed by atoms with Crippen molar-refractivity contribution >= 4 is 39.8 Å². The number of benzene rings is 2. The van der Waals surface area contributed by atoms with Crippen LogP contribution in [0.2, 0.25) is 5.02 Å². The standard InChI is InChI=1S/C32H37ClN2O2S/c1-32(2,3)24-11-14-26-27(20-24)38-30(34-29(36)23-9-12-25(33)13-10-23)28(26)31(37)35-17-15-22(16-18-35)19-21-7-5-4-6-8-21/h4-10,12-13,22,24H,11,14-20H2,1-3H3,(H,34,36). The Labute approximate surface area is 235 Å². The van der Waals surface area contributed by atoms with Crippen LogP contribution in [-0.4, -0.2) is 29.8 Å². The van der Waals surface area contributed by atoms with Gasteiger partial charge in [-0.15, -0.1) is 11.3 Å². The molecule has 1 saturated heterocycles. The molecule has 4 nitrogen and oxygen atoms in total. The molecule has 1 aliphatic heterocycles. The number of likely N-dealkylation sites (tertiary alicyclic amines) is 1. The topological polar surface area (TPSA) is 49.4 Å². The van der Waals surface area contributed by atoms with Gasteiger partial charge in [0.15, 0.2) is 0 Å². The number of halogens is 1. The first-order chi connectivity index (χ1) is 18.2. The van der Waals surface area contributed by atoms with Gasteiger partial charge in [-0.3, -0.25) is 9.59 Å². The second-order valence-corrected chi connectivity index (χ2v) is 13.4. The van der Waals surface area contributed by atoms with Crippen LogP contribution >= 0.6 is 22.9 Å². The van der Waals surface area contributed by atoms with Gasteiger partial charge in [-0.05, 0) is 91.2 Å². The minimum Gasteiger partial charge on any atom is -0.339 e. The number of rotatable bonds is 5. The first-order valence-electron chi connectivity index (χ1n) is 13.7. The summed E-state index contributed by atoms with van der Waals surface area (Å²) in [4.78, 5) is 30.4. The minimum atomic E-state index is -0.205. The maximum atomic E-state index is 14.0. The largest absolute Gasteiger partial charge is 0.339 e. The molecule has 2 heterocycles. The van der Waals surface area contributed by atoms with Gasteiger partial charge in [0, 0.05) is 28.6 Å². The Morgan fingerprint density at radius 1 is 1.00 bits per heavy atom. The number of anilines is 1. The summed E-state index contributed by atoms with van der Waals surface area (Å²) in [5.41, 5.74) is 3.98. The predicted molar refractivity (Wildman–Crippen MR) is 157 cm³/mol. The third-order valence-electron chi connectivity index (χ3n) is 8.31. The van der Waals surface area contributed by atoms with E-state index >= 15 is 0 Å². The van der Waals surface area contributed by atoms with Crippen LogP contribution < -0.4 is 5.32 Å². The summed E-state index contributed by atoms with van der Waals surface area (Å²) in [5.74, 6) is 1.02. The fourth-order valence-electron chi connectivity index (χ4n) is 5.86. The van der Waals surface area contributed by atoms with E-state index in [0.717, 1.165) is 62.7 Å². The molecule has 0 saturated carbocycles. The number of nitrogens with one attached hydrogen (secondary N) is 1. The normalized spacial score (nSPS) is 18.2. The molecule has 1 aromatic heterocycles. The maximum absolute atomic E-state index is 14.0. The fraction of sp³-hybridized carbons (Fsp3) is 0.438. The molecule has 0 radical (unpaired) electrons. The molecular formula is C32H37ClN2O2S. The Kier molecular flexibility index (Phi) is 7.97. The van der Waals surface area contributed by atoms with E-state index in [1.807, 2.05) is 4.90 Å². The number of nitrogens with zero attached hydrogens (tertiary/aromatic N) is 1. The molecule has 6 heteroatoms. The molecule has 1 atom stereocenters. The lowest BCUT2D eigenvalue weighted by Crippen LogP contribution is -2.39. The summed E-state index contributed by atoms with van der Waals surface area (Å²) >= 11 is 7.62. The molecule has 0 spiro atoms. The third-order valence-corrected chi connectivity index (χ3v) is 9.73. The Hall–Kier alpha value is -2.63. The highest BCUT2D eigenvalue weighted by molar-refractivity contribution is 7.17. The van der Waals surface area contributed by atoms with Gasteiger partial charge in [0.05, 0.1) is 5.56 Å². The van der Waals surface area contributed by atoms with Gasteiger partial charge in [-0.25, -0.2) is 0 Å². The van der Waals surface area contributed by atoms with Gasteiger partial charge in [0.1, 0.15) is 5.00 Å². The molecule has 38 heavy (non-hydrogen) atoms. The molecule has 2 aliphatic rings. The summed E-state index contributed by atoms with van der Waals surface area (Å²) in [6.45, 7) is 8.41. The zero-order chi connectivity index (χ0) is 26.9. The lowest BCUT2D eigenvalue weighted by molar-refractivity contribution is 0.0690. The third kappa shape index (κ3) is 6.00. The maximum Gasteiger partial charge on any atom is 0.257 e. The van der Waals surface area contributed by atoms with Crippen molar-refractivity contribution in [2.45, 2.75) is 59.3 Å². The summed E-state index contributed by atoms with van der Waals surface area (Å²) in [7, 11) is 0. The Morgan fingerprint density at radius 2 is 1.68 bits per heavy atom. The van der Waals surface area contributed by atoms with E-state index in [4.69, 9.17) is 11.6 Å². The highest BCUT2D eigenvalue weighted by atomic mass is 35.5. The quantitative estimate of drug-likeness (QED) is 0.352. The summed E-state index contributed by atoms with van der Waals surface area (Å²) < 4.78 is 0. The van der Waals surface area contributed by atoms with E-state index in [1.54, 1.807) is 35.6 Å². The SMILES string of the molecule is CC(C)(C)C1CCc2c(sc(NC(=O)c3ccc(Cl)cc3)c2C(=O)N2CCC(Cc3ccccc3)CC2)C1. The molecule has 3 aromatic rings. The van der Waals surface area contributed by atoms with Crippen LogP contribution in [0.15, 0.2) is 54.6 Å². The second kappa shape index (κ2) is 11.2. The van der Waals surface area contributed by atoms with Crippen molar-refractivity contribution in [3.63, 3.8) is 0 Å². The zero-order valence-corrected chi connectivity index (χ0v) is 24.1. The molecule has 1 aliphatic carbocycles. The van der Waals surface area contributed by atoms with Crippen molar-refractivity contribution in [1.82, 2.24) is 4.90 Å². The summed E-state index contributed by atoms with van der Waals surface area (Å²) in [6.07, 6.45) is 5.98. The van der Waals surface area contributed by atoms with Gasteiger partial charge >= 0.3 is 0 Å². The van der Waals surface area contributed by atoms with Gasteiger partial charge in [0.25, 0.3) is 11.8 Å². The Balaban J connectivity index is 1.37. The number of fused-ring (bicyclic) bond motifs is 1. The highest BCUT2D eigenvalue weighted by Gasteiger charge is 2.36. The minimum absolute atomic E-state index is 0.0706. The van der Waals surface area contributed by atoms with Crippen molar-refractivity contribution in [3.05, 3.63) is 86.8 Å². The number of carbonyl (C=O) groups is 2. The van der Waals surface area contributed by atoms with E-state index in [-0.39, 0.29) is 17.2 Å². The number of carbonyl (C=O) groups excluding carboxylic acids is 2. The van der Waals surface area contributed by atoms with Gasteiger partial charge in [-0.2, -0.15) is 0 Å². The average Bonchev–Trinajstić information content (AvgIpc) is 3.26. The number of amides is 2. The summed E-state index contributed by atoms with van der Waals surface area (Å²) in [5, 5.41) is 4.39. The van der Waals surface area contributed by atoms with Crippen molar-refractivity contribution < 1.29 is 9.59 Å². The molecule has 2 amide bonds. The molecule has 2 aromatic carbocycles. The first kappa shape index (κ1) is 27.0. The number of hydrogen-bond acceptors (Lipinski definition) is 3. The number of piperidine rings is 1. The molecule has 1 N–H and O–H groups in total. The number of hydrogen-bond donors (Lipinski definition) is 1. The predicted octanol–water partition coefficient (Wildman–Crippen LogP) is 7.90. The lowest BCUT2D eigenvalue weighted by Gasteiger charge is -2.35. The van der Waals surface area contributed by atoms with E-state index in [9.17, 15) is 9.59 Å².